The molecule has 1 atom stereocenters. The maximum Gasteiger partial charge on any atom is 0.294 e. The van der Waals surface area contributed by atoms with Crippen molar-refractivity contribution in [2.75, 3.05) is 6.61 Å². The Kier molecular flexibility index (Phi) is 11.7. The maximum absolute atomic E-state index is 16.4. The van der Waals surface area contributed by atoms with Crippen molar-refractivity contribution < 1.29 is 44.6 Å². The molecule has 0 spiro atoms. The number of carbonyl (C=O) groups excluding carboxylic acids is 1. The number of hydrogen-bond acceptors (Lipinski definition) is 10. The van der Waals surface area contributed by atoms with E-state index in [0.717, 1.165) is 11.0 Å². The number of aliphatic hydroxyl groups excluding tert-OH is 1. The van der Waals surface area contributed by atoms with Crippen LogP contribution in [0.3, 0.4) is 0 Å². The highest BCUT2D eigenvalue weighted by molar-refractivity contribution is 6.30. The van der Waals surface area contributed by atoms with E-state index in [-0.39, 0.29) is 58.8 Å². The summed E-state index contributed by atoms with van der Waals surface area (Å²) in [6.45, 7) is 11.1. The van der Waals surface area contributed by atoms with Crippen LogP contribution in [0.5, 0.6) is 0 Å². The average Bonchev–Trinajstić information content (AvgIpc) is 3.85. The van der Waals surface area contributed by atoms with Crippen molar-refractivity contribution in [3.63, 3.8) is 0 Å². The number of hydrogen-bond donors (Lipinski definition) is 6. The molecule has 5 rings (SSSR count). The zero-order valence-electron chi connectivity index (χ0n) is 26.5. The van der Waals surface area contributed by atoms with E-state index in [0.29, 0.717) is 5.57 Å². The first-order chi connectivity index (χ1) is 22.2. The van der Waals surface area contributed by atoms with Gasteiger partial charge in [0.2, 0.25) is 5.72 Å². The van der Waals surface area contributed by atoms with E-state index < -0.39 is 46.9 Å². The molecule has 0 unspecified atom stereocenters. The van der Waals surface area contributed by atoms with Gasteiger partial charge in [-0.05, 0) is 66.8 Å². The number of halogens is 2. The van der Waals surface area contributed by atoms with Crippen LogP contribution in [-0.4, -0.2) is 65.0 Å². The van der Waals surface area contributed by atoms with Gasteiger partial charge in [-0.15, -0.1) is 0 Å². The molecule has 3 aromatic rings. The molecule has 13 heteroatoms. The normalized spacial score (nSPS) is 17.9. The van der Waals surface area contributed by atoms with E-state index in [2.05, 4.69) is 11.6 Å². The first-order valence-corrected chi connectivity index (χ1v) is 15.5. The van der Waals surface area contributed by atoms with Gasteiger partial charge in [0, 0.05) is 23.4 Å². The molecule has 47 heavy (non-hydrogen) atoms. The van der Waals surface area contributed by atoms with Crippen LogP contribution in [0.25, 0.3) is 5.57 Å². The molecule has 2 aromatic carbocycles. The third-order valence-electron chi connectivity index (χ3n) is 7.92. The van der Waals surface area contributed by atoms with Crippen molar-refractivity contribution in [2.45, 2.75) is 71.2 Å². The van der Waals surface area contributed by atoms with Gasteiger partial charge in [-0.3, -0.25) is 19.4 Å². The van der Waals surface area contributed by atoms with Crippen LogP contribution in [0.4, 0.5) is 4.39 Å². The van der Waals surface area contributed by atoms with Crippen molar-refractivity contribution >= 4 is 23.1 Å². The smallest absolute Gasteiger partial charge is 0.294 e. The van der Waals surface area contributed by atoms with E-state index >= 15 is 4.39 Å². The van der Waals surface area contributed by atoms with Gasteiger partial charge >= 0.3 is 0 Å². The van der Waals surface area contributed by atoms with Crippen LogP contribution in [0.2, 0.25) is 5.02 Å². The Hall–Kier alpha value is -3.77. The number of nitriles is 1. The van der Waals surface area contributed by atoms with Crippen molar-refractivity contribution in [3.05, 3.63) is 106 Å². The van der Waals surface area contributed by atoms with E-state index in [4.69, 9.17) is 16.3 Å². The van der Waals surface area contributed by atoms with Crippen LogP contribution in [0, 0.1) is 22.6 Å². The molecule has 1 aliphatic carbocycles. The lowest BCUT2D eigenvalue weighted by Gasteiger charge is -2.46. The third-order valence-corrected chi connectivity index (χ3v) is 8.17. The lowest BCUT2D eigenvalue weighted by atomic mass is 9.89. The molecule has 6 N–H and O–H groups in total. The van der Waals surface area contributed by atoms with Gasteiger partial charge in [0.15, 0.2) is 0 Å². The Balaban J connectivity index is 0.00000144. The SMILES string of the molecule is C=C(CCO)c1cc(F)c2c(c1)C(=O)N(Cc1ccc(C#N)cn1)[C@@]2(OC(O)(O)C1(C(O)(O)O)CC1)c1ccc(Cl)cc1.CC.CC. The molecular weight excluding hydrogens is 633 g/mol. The molecule has 1 fully saturated rings. The summed E-state index contributed by atoms with van der Waals surface area (Å²) in [4.78, 5) is 19.4. The second-order valence-corrected chi connectivity index (χ2v) is 11.0. The van der Waals surface area contributed by atoms with Gasteiger partial charge in [-0.2, -0.15) is 5.26 Å². The summed E-state index contributed by atoms with van der Waals surface area (Å²) < 4.78 is 22.3. The summed E-state index contributed by atoms with van der Waals surface area (Å²) in [5.41, 5.74) is -4.71. The van der Waals surface area contributed by atoms with Crippen LogP contribution >= 0.6 is 11.6 Å². The number of carbonyl (C=O) groups is 1. The fourth-order valence-corrected chi connectivity index (χ4v) is 5.53. The standard InChI is InChI=1S/C30H27ClFN3O8.2C2H6/c1-17(8-11-36)19-12-23-25(24(32)13-19)28(20-3-5-21(31)6-4-20,43-30(41,42)27(9-10-27)29(38,39)40)35(26(23)37)16-22-7-2-18(14-33)15-34-22;2*1-2/h2-7,12-13,15,36,38-42H,1,8-11,16H2;2*1-2H3/t28-;;/m1../s1. The predicted molar refractivity (Wildman–Crippen MR) is 170 cm³/mol. The molecule has 1 aromatic heterocycles. The number of rotatable bonds is 10. The summed E-state index contributed by atoms with van der Waals surface area (Å²) in [6.07, 6.45) is 0.695. The summed E-state index contributed by atoms with van der Waals surface area (Å²) in [5, 5.41) is 71.7. The zero-order chi connectivity index (χ0) is 35.4. The summed E-state index contributed by atoms with van der Waals surface area (Å²) in [7, 11) is 0. The Morgan fingerprint density at radius 3 is 2.19 bits per heavy atom. The predicted octanol–water partition coefficient (Wildman–Crippen LogP) is 4.12. The van der Waals surface area contributed by atoms with Crippen LogP contribution in [0.1, 0.15) is 85.3 Å². The minimum atomic E-state index is -3.63. The fraction of sp³-hybridized carbons (Fsp3) is 0.382. The molecule has 1 amide bonds. The van der Waals surface area contributed by atoms with Gasteiger partial charge in [-0.25, -0.2) is 4.39 Å². The molecule has 1 saturated carbocycles. The highest BCUT2D eigenvalue weighted by Gasteiger charge is 2.74. The first kappa shape index (κ1) is 37.7. The highest BCUT2D eigenvalue weighted by Crippen LogP contribution is 2.62. The molecular formula is C34H39ClFN3O8. The van der Waals surface area contributed by atoms with Gasteiger partial charge in [0.05, 0.1) is 28.9 Å². The quantitative estimate of drug-likeness (QED) is 0.171. The molecule has 0 radical (unpaired) electrons. The van der Waals surface area contributed by atoms with Gasteiger partial charge in [-0.1, -0.05) is 58.0 Å². The summed E-state index contributed by atoms with van der Waals surface area (Å²) in [5.74, 6) is -9.05. The molecule has 1 aliphatic heterocycles. The number of amides is 1. The summed E-state index contributed by atoms with van der Waals surface area (Å²) >= 11 is 6.12. The summed E-state index contributed by atoms with van der Waals surface area (Å²) in [6, 6.07) is 12.7. The van der Waals surface area contributed by atoms with Gasteiger partial charge < -0.3 is 30.6 Å². The second-order valence-electron chi connectivity index (χ2n) is 10.6. The van der Waals surface area contributed by atoms with Crippen molar-refractivity contribution in [2.24, 2.45) is 5.41 Å². The minimum Gasteiger partial charge on any atom is -0.396 e. The second kappa shape index (κ2) is 14.6. The van der Waals surface area contributed by atoms with Gasteiger partial charge in [0.1, 0.15) is 17.3 Å². The topological polar surface area (TPSA) is 188 Å². The Morgan fingerprint density at radius 1 is 1.09 bits per heavy atom. The largest absolute Gasteiger partial charge is 0.396 e. The van der Waals surface area contributed by atoms with E-state index in [9.17, 15) is 40.7 Å². The zero-order valence-corrected chi connectivity index (χ0v) is 27.3. The fourth-order valence-electron chi connectivity index (χ4n) is 5.41. The lowest BCUT2D eigenvalue weighted by Crippen LogP contribution is -2.61. The highest BCUT2D eigenvalue weighted by atomic mass is 35.5. The molecule has 0 saturated heterocycles. The number of fused-ring (bicyclic) bond motifs is 1. The first-order valence-electron chi connectivity index (χ1n) is 15.1. The molecule has 252 valence electrons. The number of pyridine rings is 1. The van der Waals surface area contributed by atoms with E-state index in [1.54, 1.807) is 0 Å². The maximum atomic E-state index is 16.4. The Morgan fingerprint density at radius 2 is 1.70 bits per heavy atom. The lowest BCUT2D eigenvalue weighted by molar-refractivity contribution is -0.484. The Labute approximate surface area is 277 Å². The van der Waals surface area contributed by atoms with Crippen LogP contribution in [0.15, 0.2) is 61.3 Å². The monoisotopic (exact) mass is 671 g/mol. The van der Waals surface area contributed by atoms with E-state index in [1.165, 1.54) is 48.7 Å². The van der Waals surface area contributed by atoms with Crippen LogP contribution < -0.4 is 0 Å². The number of aliphatic hydroxyl groups is 6. The molecule has 2 aliphatic rings. The van der Waals surface area contributed by atoms with Gasteiger partial charge in [0.25, 0.3) is 17.9 Å². The van der Waals surface area contributed by atoms with Crippen molar-refractivity contribution in [1.29, 1.82) is 5.26 Å². The average molecular weight is 672 g/mol. The molecule has 0 bridgehead atoms. The third kappa shape index (κ3) is 6.80. The molecule has 2 heterocycles. The number of benzene rings is 2. The number of aromatic nitrogens is 1. The van der Waals surface area contributed by atoms with Crippen molar-refractivity contribution in [3.8, 4) is 6.07 Å². The minimum absolute atomic E-state index is 0.0128. The molecule has 11 nitrogen and oxygen atoms in total. The Bertz CT molecular complexity index is 1630. The van der Waals surface area contributed by atoms with E-state index in [1.807, 2.05) is 33.8 Å². The van der Waals surface area contributed by atoms with Crippen molar-refractivity contribution in [1.82, 2.24) is 9.88 Å². The van der Waals surface area contributed by atoms with Crippen LogP contribution in [-0.2, 0) is 17.0 Å². The number of ether oxygens (including phenoxy) is 1. The number of nitrogens with zero attached hydrogens (tertiary/aromatic N) is 3.